The van der Waals surface area contributed by atoms with Crippen LogP contribution in [0.3, 0.4) is 0 Å². The fourth-order valence-corrected chi connectivity index (χ4v) is 2.69. The molecule has 0 aliphatic carbocycles. The Morgan fingerprint density at radius 3 is 2.17 bits per heavy atom. The molecule has 1 unspecified atom stereocenters. The van der Waals surface area contributed by atoms with E-state index in [0.717, 1.165) is 24.3 Å². The molecule has 0 radical (unpaired) electrons. The molecule has 152 valence electrons. The topological polar surface area (TPSA) is 87.7 Å². The number of ether oxygens (including phenoxy) is 1. The Kier molecular flexibility index (Phi) is 4.91. The molecule has 1 heterocycles. The molecular formula is C18H13F4N3O4. The van der Waals surface area contributed by atoms with Gasteiger partial charge < -0.3 is 10.1 Å². The standard InChI is InChI=1S/C18H13F4N3O4/c1-29-13-8-6-12(7-9-13)25-15(27)17(18(20,21)22,24-16(25)28)23-14(26)10-2-4-11(19)5-3-10/h2-9H,1H3,(H,23,26)(H,24,28). The maximum atomic E-state index is 13.8. The van der Waals surface area contributed by atoms with E-state index in [-0.39, 0.29) is 16.2 Å². The number of carbonyl (C=O) groups is 3. The van der Waals surface area contributed by atoms with Crippen molar-refractivity contribution in [3.05, 3.63) is 59.9 Å². The predicted molar refractivity (Wildman–Crippen MR) is 91.7 cm³/mol. The third kappa shape index (κ3) is 3.46. The van der Waals surface area contributed by atoms with E-state index >= 15 is 0 Å². The van der Waals surface area contributed by atoms with Gasteiger partial charge in [0.05, 0.1) is 12.8 Å². The molecule has 0 bridgehead atoms. The number of hydrogen-bond donors (Lipinski definition) is 2. The molecule has 1 fully saturated rings. The van der Waals surface area contributed by atoms with Gasteiger partial charge in [0.2, 0.25) is 0 Å². The Bertz CT molecular complexity index is 961. The zero-order chi connectivity index (χ0) is 21.4. The quantitative estimate of drug-likeness (QED) is 0.598. The molecule has 0 saturated carbocycles. The van der Waals surface area contributed by atoms with E-state index in [1.165, 1.54) is 42.0 Å². The molecule has 11 heteroatoms. The van der Waals surface area contributed by atoms with Gasteiger partial charge in [-0.25, -0.2) is 14.1 Å². The lowest BCUT2D eigenvalue weighted by atomic mass is 10.1. The molecule has 29 heavy (non-hydrogen) atoms. The zero-order valence-electron chi connectivity index (χ0n) is 14.7. The van der Waals surface area contributed by atoms with Crippen molar-refractivity contribution >= 4 is 23.5 Å². The minimum Gasteiger partial charge on any atom is -0.497 e. The minimum atomic E-state index is -5.36. The second-order valence-corrected chi connectivity index (χ2v) is 5.98. The van der Waals surface area contributed by atoms with Gasteiger partial charge in [0.1, 0.15) is 11.6 Å². The number of urea groups is 1. The van der Waals surface area contributed by atoms with Crippen LogP contribution in [0.15, 0.2) is 48.5 Å². The first-order chi connectivity index (χ1) is 13.6. The van der Waals surface area contributed by atoms with Gasteiger partial charge in [-0.05, 0) is 48.5 Å². The van der Waals surface area contributed by atoms with Crippen LogP contribution in [0.1, 0.15) is 10.4 Å². The van der Waals surface area contributed by atoms with Crippen molar-refractivity contribution in [1.29, 1.82) is 0 Å². The van der Waals surface area contributed by atoms with Crippen LogP contribution in [-0.4, -0.2) is 36.8 Å². The molecule has 2 aromatic carbocycles. The summed E-state index contributed by atoms with van der Waals surface area (Å²) in [6.07, 6.45) is -5.36. The lowest BCUT2D eigenvalue weighted by Crippen LogP contribution is -2.69. The van der Waals surface area contributed by atoms with Gasteiger partial charge in [0.25, 0.3) is 17.5 Å². The third-order valence-electron chi connectivity index (χ3n) is 4.18. The molecule has 0 aromatic heterocycles. The fourth-order valence-electron chi connectivity index (χ4n) is 2.69. The number of halogens is 4. The van der Waals surface area contributed by atoms with Crippen molar-refractivity contribution < 1.29 is 36.7 Å². The molecule has 3 rings (SSSR count). The van der Waals surface area contributed by atoms with E-state index in [0.29, 0.717) is 5.75 Å². The van der Waals surface area contributed by atoms with Crippen LogP contribution < -0.4 is 20.3 Å². The maximum Gasteiger partial charge on any atom is 0.440 e. The van der Waals surface area contributed by atoms with Crippen molar-refractivity contribution in [3.63, 3.8) is 0 Å². The first-order valence-electron chi connectivity index (χ1n) is 8.04. The number of alkyl halides is 3. The van der Waals surface area contributed by atoms with Crippen LogP contribution in [0.25, 0.3) is 0 Å². The van der Waals surface area contributed by atoms with E-state index in [4.69, 9.17) is 4.74 Å². The molecule has 2 aromatic rings. The zero-order valence-corrected chi connectivity index (χ0v) is 14.7. The van der Waals surface area contributed by atoms with Crippen molar-refractivity contribution in [1.82, 2.24) is 10.6 Å². The molecule has 1 atom stereocenters. The Hall–Kier alpha value is -3.63. The second kappa shape index (κ2) is 7.08. The largest absolute Gasteiger partial charge is 0.497 e. The number of nitrogens with one attached hydrogen (secondary N) is 2. The highest BCUT2D eigenvalue weighted by molar-refractivity contribution is 6.24. The van der Waals surface area contributed by atoms with Crippen LogP contribution >= 0.6 is 0 Å². The lowest BCUT2D eigenvalue weighted by molar-refractivity contribution is -0.197. The number of amides is 4. The number of hydrogen-bond acceptors (Lipinski definition) is 4. The van der Waals surface area contributed by atoms with E-state index in [9.17, 15) is 31.9 Å². The summed E-state index contributed by atoms with van der Waals surface area (Å²) in [5.41, 5.74) is -4.18. The van der Waals surface area contributed by atoms with Crippen molar-refractivity contribution in [2.24, 2.45) is 0 Å². The monoisotopic (exact) mass is 411 g/mol. The normalized spacial score (nSPS) is 19.1. The number of nitrogens with zero attached hydrogens (tertiary/aromatic N) is 1. The summed E-state index contributed by atoms with van der Waals surface area (Å²) in [5, 5.41) is 3.06. The van der Waals surface area contributed by atoms with Gasteiger partial charge in [-0.1, -0.05) is 0 Å². The van der Waals surface area contributed by atoms with E-state index < -0.39 is 35.5 Å². The van der Waals surface area contributed by atoms with Crippen LogP contribution in [-0.2, 0) is 4.79 Å². The van der Waals surface area contributed by atoms with E-state index in [2.05, 4.69) is 0 Å². The second-order valence-electron chi connectivity index (χ2n) is 5.98. The number of rotatable bonds is 4. The molecule has 1 aliphatic heterocycles. The molecule has 4 amide bonds. The van der Waals surface area contributed by atoms with Crippen LogP contribution in [0.2, 0.25) is 0 Å². The lowest BCUT2D eigenvalue weighted by Gasteiger charge is -2.29. The Labute approximate surface area is 161 Å². The molecule has 2 N–H and O–H groups in total. The predicted octanol–water partition coefficient (Wildman–Crippen LogP) is 2.58. The van der Waals surface area contributed by atoms with Gasteiger partial charge in [-0.2, -0.15) is 13.2 Å². The highest BCUT2D eigenvalue weighted by Gasteiger charge is 2.69. The molecule has 1 aliphatic rings. The van der Waals surface area contributed by atoms with Gasteiger partial charge in [-0.3, -0.25) is 14.9 Å². The van der Waals surface area contributed by atoms with Crippen LogP contribution in [0.5, 0.6) is 5.75 Å². The summed E-state index contributed by atoms with van der Waals surface area (Å²) in [7, 11) is 1.36. The molecular weight excluding hydrogens is 398 g/mol. The molecule has 1 saturated heterocycles. The van der Waals surface area contributed by atoms with Crippen molar-refractivity contribution in [2.45, 2.75) is 11.8 Å². The number of imide groups is 1. The summed E-state index contributed by atoms with van der Waals surface area (Å²) in [4.78, 5) is 37.4. The highest BCUT2D eigenvalue weighted by atomic mass is 19.4. The van der Waals surface area contributed by atoms with Gasteiger partial charge in [0.15, 0.2) is 0 Å². The summed E-state index contributed by atoms with van der Waals surface area (Å²) < 4.78 is 59.4. The van der Waals surface area contributed by atoms with Crippen molar-refractivity contribution in [3.8, 4) is 5.75 Å². The van der Waals surface area contributed by atoms with Crippen molar-refractivity contribution in [2.75, 3.05) is 12.0 Å². The first-order valence-corrected chi connectivity index (χ1v) is 8.04. The maximum absolute atomic E-state index is 13.8. The van der Waals surface area contributed by atoms with Crippen LogP contribution in [0, 0.1) is 5.82 Å². The first kappa shape index (κ1) is 20.1. The van der Waals surface area contributed by atoms with Gasteiger partial charge >= 0.3 is 12.2 Å². The minimum absolute atomic E-state index is 0.157. The van der Waals surface area contributed by atoms with Gasteiger partial charge in [0, 0.05) is 5.56 Å². The van der Waals surface area contributed by atoms with Gasteiger partial charge in [-0.15, -0.1) is 0 Å². The number of benzene rings is 2. The summed E-state index contributed by atoms with van der Waals surface area (Å²) in [5.74, 6) is -3.42. The summed E-state index contributed by atoms with van der Waals surface area (Å²) in [6.45, 7) is 0. The van der Waals surface area contributed by atoms with Crippen LogP contribution in [0.4, 0.5) is 28.0 Å². The number of carbonyl (C=O) groups excluding carboxylic acids is 3. The number of methoxy groups -OCH3 is 1. The number of anilines is 1. The summed E-state index contributed by atoms with van der Waals surface area (Å²) in [6, 6.07) is 7.36. The smallest absolute Gasteiger partial charge is 0.440 e. The SMILES string of the molecule is COc1ccc(N2C(=O)NC(NC(=O)c3ccc(F)cc3)(C(F)(F)F)C2=O)cc1. The summed E-state index contributed by atoms with van der Waals surface area (Å²) >= 11 is 0. The Morgan fingerprint density at radius 1 is 1.07 bits per heavy atom. The Morgan fingerprint density at radius 2 is 1.66 bits per heavy atom. The molecule has 7 nitrogen and oxygen atoms in total. The highest BCUT2D eigenvalue weighted by Crippen LogP contribution is 2.36. The average Bonchev–Trinajstić information content (AvgIpc) is 2.93. The van der Waals surface area contributed by atoms with E-state index in [1.807, 2.05) is 0 Å². The molecule has 0 spiro atoms. The Balaban J connectivity index is 1.97. The van der Waals surface area contributed by atoms with E-state index in [1.54, 1.807) is 0 Å². The fraction of sp³-hybridized carbons (Fsp3) is 0.167. The average molecular weight is 411 g/mol. The third-order valence-corrected chi connectivity index (χ3v) is 4.18.